The number of carbonyl (C=O) groups excluding carboxylic acids is 1. The molecule has 0 aliphatic heterocycles. The number of benzene rings is 1. The smallest absolute Gasteiger partial charge is 0.299 e. The largest absolute Gasteiger partial charge is 0.467 e. The predicted molar refractivity (Wildman–Crippen MR) is 95.1 cm³/mol. The van der Waals surface area contributed by atoms with Crippen LogP contribution in [0, 0.1) is 6.92 Å². The first kappa shape index (κ1) is 15.9. The predicted octanol–water partition coefficient (Wildman–Crippen LogP) is 4.69. The molecule has 25 heavy (non-hydrogen) atoms. The van der Waals surface area contributed by atoms with Crippen molar-refractivity contribution in [2.24, 2.45) is 0 Å². The summed E-state index contributed by atoms with van der Waals surface area (Å²) in [5.74, 6) is 0.463. The number of fused-ring (bicyclic) bond motifs is 1. The molecule has 4 rings (SSSR count). The van der Waals surface area contributed by atoms with Crippen LogP contribution in [0.2, 0.25) is 5.02 Å². The topological polar surface area (TPSA) is 72.4 Å². The van der Waals surface area contributed by atoms with Crippen molar-refractivity contribution < 1.29 is 13.7 Å². The van der Waals surface area contributed by atoms with Crippen molar-refractivity contribution in [3.8, 4) is 0 Å². The van der Waals surface area contributed by atoms with E-state index in [9.17, 15) is 4.79 Å². The minimum absolute atomic E-state index is 0.154. The van der Waals surface area contributed by atoms with Crippen molar-refractivity contribution in [3.63, 3.8) is 0 Å². The van der Waals surface area contributed by atoms with E-state index in [0.29, 0.717) is 21.6 Å². The highest BCUT2D eigenvalue weighted by molar-refractivity contribution is 7.22. The maximum absolute atomic E-state index is 12.9. The van der Waals surface area contributed by atoms with E-state index < -0.39 is 0 Å². The fourth-order valence-corrected chi connectivity index (χ4v) is 3.62. The Morgan fingerprint density at radius 3 is 2.92 bits per heavy atom. The lowest BCUT2D eigenvalue weighted by Gasteiger charge is -2.16. The molecule has 126 valence electrons. The zero-order valence-corrected chi connectivity index (χ0v) is 14.7. The Kier molecular flexibility index (Phi) is 4.03. The lowest BCUT2D eigenvalue weighted by molar-refractivity contribution is 0.0947. The van der Waals surface area contributed by atoms with Gasteiger partial charge in [-0.05, 0) is 37.3 Å². The standard InChI is InChI=1S/C17H12ClN3O3S/c1-10-7-14(24-20-10)16(22)21(9-12-3-2-6-23-12)17-19-13-5-4-11(18)8-15(13)25-17/h2-8H,9H2,1H3. The van der Waals surface area contributed by atoms with Gasteiger partial charge in [0.15, 0.2) is 5.13 Å². The van der Waals surface area contributed by atoms with E-state index in [1.807, 2.05) is 12.1 Å². The molecule has 0 saturated heterocycles. The minimum Gasteiger partial charge on any atom is -0.467 e. The van der Waals surface area contributed by atoms with Crippen molar-refractivity contribution in [1.29, 1.82) is 0 Å². The van der Waals surface area contributed by atoms with Crippen LogP contribution in [0.25, 0.3) is 10.2 Å². The van der Waals surface area contributed by atoms with Gasteiger partial charge in [0.2, 0.25) is 5.76 Å². The molecule has 6 nitrogen and oxygen atoms in total. The van der Waals surface area contributed by atoms with Crippen LogP contribution in [0.5, 0.6) is 0 Å². The number of nitrogens with zero attached hydrogens (tertiary/aromatic N) is 3. The zero-order valence-electron chi connectivity index (χ0n) is 13.1. The van der Waals surface area contributed by atoms with E-state index in [2.05, 4.69) is 10.1 Å². The summed E-state index contributed by atoms with van der Waals surface area (Å²) in [6.45, 7) is 2.00. The lowest BCUT2D eigenvalue weighted by atomic mass is 10.3. The highest BCUT2D eigenvalue weighted by Crippen LogP contribution is 2.32. The molecule has 1 aromatic carbocycles. The van der Waals surface area contributed by atoms with Crippen LogP contribution in [-0.4, -0.2) is 16.0 Å². The summed E-state index contributed by atoms with van der Waals surface area (Å²) < 4.78 is 11.4. The number of anilines is 1. The fourth-order valence-electron chi connectivity index (χ4n) is 2.38. The summed E-state index contributed by atoms with van der Waals surface area (Å²) in [6.07, 6.45) is 1.56. The highest BCUT2D eigenvalue weighted by Gasteiger charge is 2.25. The van der Waals surface area contributed by atoms with Gasteiger partial charge in [-0.2, -0.15) is 0 Å². The Morgan fingerprint density at radius 1 is 1.32 bits per heavy atom. The normalized spacial score (nSPS) is 11.1. The SMILES string of the molecule is Cc1cc(C(=O)N(Cc2ccco2)c2nc3ccc(Cl)cc3s2)on1. The number of aryl methyl sites for hydroxylation is 1. The molecule has 0 aliphatic carbocycles. The van der Waals surface area contributed by atoms with Crippen molar-refractivity contribution in [2.75, 3.05) is 4.90 Å². The van der Waals surface area contributed by atoms with Crippen LogP contribution >= 0.6 is 22.9 Å². The van der Waals surface area contributed by atoms with E-state index >= 15 is 0 Å². The average Bonchev–Trinajstić information content (AvgIpc) is 3.31. The van der Waals surface area contributed by atoms with E-state index in [1.54, 1.807) is 37.5 Å². The molecular weight excluding hydrogens is 362 g/mol. The first-order valence-electron chi connectivity index (χ1n) is 7.44. The van der Waals surface area contributed by atoms with Gasteiger partial charge in [-0.1, -0.05) is 28.1 Å². The fraction of sp³-hybridized carbons (Fsp3) is 0.118. The quantitative estimate of drug-likeness (QED) is 0.519. The number of thiazole rings is 1. The summed E-state index contributed by atoms with van der Waals surface area (Å²) in [6, 6.07) is 10.6. The third kappa shape index (κ3) is 3.16. The van der Waals surface area contributed by atoms with Crippen LogP contribution < -0.4 is 4.90 Å². The Balaban J connectivity index is 1.76. The number of aromatic nitrogens is 2. The summed E-state index contributed by atoms with van der Waals surface area (Å²) in [5, 5.41) is 4.94. The second-order valence-corrected chi connectivity index (χ2v) is 6.86. The van der Waals surface area contributed by atoms with Crippen molar-refractivity contribution in [2.45, 2.75) is 13.5 Å². The number of amides is 1. The second-order valence-electron chi connectivity index (χ2n) is 5.41. The first-order valence-corrected chi connectivity index (χ1v) is 8.63. The van der Waals surface area contributed by atoms with E-state index in [4.69, 9.17) is 20.5 Å². The third-order valence-electron chi connectivity index (χ3n) is 3.55. The number of hydrogen-bond donors (Lipinski definition) is 0. The Morgan fingerprint density at radius 2 is 2.20 bits per heavy atom. The van der Waals surface area contributed by atoms with E-state index in [0.717, 1.165) is 10.2 Å². The number of hydrogen-bond acceptors (Lipinski definition) is 6. The molecule has 0 spiro atoms. The molecule has 0 N–H and O–H groups in total. The molecule has 0 aliphatic rings. The van der Waals surface area contributed by atoms with Gasteiger partial charge in [0, 0.05) is 11.1 Å². The number of furan rings is 1. The molecular formula is C17H12ClN3O3S. The Bertz CT molecular complexity index is 1040. The van der Waals surface area contributed by atoms with Crippen LogP contribution in [-0.2, 0) is 6.54 Å². The van der Waals surface area contributed by atoms with Crippen LogP contribution in [0.1, 0.15) is 22.0 Å². The first-order chi connectivity index (χ1) is 12.1. The average molecular weight is 374 g/mol. The summed E-state index contributed by atoms with van der Waals surface area (Å²) in [7, 11) is 0. The van der Waals surface area contributed by atoms with Crippen LogP contribution in [0.4, 0.5) is 5.13 Å². The second kappa shape index (κ2) is 6.34. The molecule has 4 aromatic rings. The molecule has 3 aromatic heterocycles. The van der Waals surface area contributed by atoms with E-state index in [-0.39, 0.29) is 18.2 Å². The number of carbonyl (C=O) groups is 1. The summed E-state index contributed by atoms with van der Waals surface area (Å²) in [5.41, 5.74) is 1.41. The lowest BCUT2D eigenvalue weighted by Crippen LogP contribution is -2.29. The monoisotopic (exact) mass is 373 g/mol. The van der Waals surface area contributed by atoms with Gasteiger partial charge in [0.1, 0.15) is 5.76 Å². The minimum atomic E-state index is -0.331. The van der Waals surface area contributed by atoms with Crippen molar-refractivity contribution in [1.82, 2.24) is 10.1 Å². The van der Waals surface area contributed by atoms with Gasteiger partial charge >= 0.3 is 0 Å². The van der Waals surface area contributed by atoms with Gasteiger partial charge in [-0.3, -0.25) is 9.69 Å². The molecule has 0 fully saturated rings. The molecule has 0 radical (unpaired) electrons. The van der Waals surface area contributed by atoms with Gasteiger partial charge in [-0.25, -0.2) is 4.98 Å². The van der Waals surface area contributed by atoms with Gasteiger partial charge in [0.05, 0.1) is 28.7 Å². The highest BCUT2D eigenvalue weighted by atomic mass is 35.5. The number of halogens is 1. The Labute approximate surface area is 151 Å². The maximum Gasteiger partial charge on any atom is 0.299 e. The summed E-state index contributed by atoms with van der Waals surface area (Å²) in [4.78, 5) is 19.0. The molecule has 0 bridgehead atoms. The van der Waals surface area contributed by atoms with Crippen molar-refractivity contribution in [3.05, 3.63) is 64.9 Å². The van der Waals surface area contributed by atoms with E-state index in [1.165, 1.54) is 16.2 Å². The molecule has 8 heteroatoms. The molecule has 0 saturated carbocycles. The molecule has 3 heterocycles. The molecule has 1 amide bonds. The Hall–Kier alpha value is -2.64. The maximum atomic E-state index is 12.9. The summed E-state index contributed by atoms with van der Waals surface area (Å²) >= 11 is 7.42. The number of rotatable bonds is 4. The van der Waals surface area contributed by atoms with Gasteiger partial charge < -0.3 is 8.94 Å². The van der Waals surface area contributed by atoms with Gasteiger partial charge in [-0.15, -0.1) is 0 Å². The van der Waals surface area contributed by atoms with Crippen LogP contribution in [0.15, 0.2) is 51.6 Å². The molecule has 0 atom stereocenters. The van der Waals surface area contributed by atoms with Crippen molar-refractivity contribution >= 4 is 44.2 Å². The van der Waals surface area contributed by atoms with Gasteiger partial charge in [0.25, 0.3) is 5.91 Å². The third-order valence-corrected chi connectivity index (χ3v) is 4.82. The molecule has 0 unspecified atom stereocenters. The zero-order chi connectivity index (χ0) is 17.4. The van der Waals surface area contributed by atoms with Crippen LogP contribution in [0.3, 0.4) is 0 Å².